The number of aromatic hydroxyl groups is 3. The van der Waals surface area contributed by atoms with Gasteiger partial charge < -0.3 is 58.3 Å². The number of phenolic OH excluding ortho intramolecular Hbond substituents is 3. The fourth-order valence-electron chi connectivity index (χ4n) is 12.7. The Morgan fingerprint density at radius 2 is 0.504 bits per heavy atom. The third-order valence-electron chi connectivity index (χ3n) is 18.6. The molecule has 0 bridgehead atoms. The molecule has 16 aromatic rings. The van der Waals surface area contributed by atoms with E-state index in [2.05, 4.69) is 20.6 Å². The Bertz CT molecular complexity index is 6730. The van der Waals surface area contributed by atoms with Crippen molar-refractivity contribution in [3.8, 4) is 103 Å². The van der Waals surface area contributed by atoms with Crippen molar-refractivity contribution in [2.45, 2.75) is 111 Å². The van der Waals surface area contributed by atoms with Gasteiger partial charge in [0.1, 0.15) is 46.0 Å². The number of thiophene rings is 4. The highest BCUT2D eigenvalue weighted by molar-refractivity contribution is 7.23. The molecule has 0 atom stereocenters. The average molecular weight is 1980 g/mol. The van der Waals surface area contributed by atoms with Crippen molar-refractivity contribution < 1.29 is 96.7 Å². The Kier molecular flexibility index (Phi) is 53.6. The number of phenols is 3. The second kappa shape index (κ2) is 64.3. The summed E-state index contributed by atoms with van der Waals surface area (Å²) in [5.74, 6) is 2.41. The van der Waals surface area contributed by atoms with Crippen molar-refractivity contribution in [1.82, 2.24) is 0 Å². The number of carboxylic acid groups (broad SMARTS) is 1. The lowest BCUT2D eigenvalue weighted by molar-refractivity contribution is -0.135. The number of terminal acetylenes is 1. The number of methoxy groups -OCH3 is 5. The van der Waals surface area contributed by atoms with Crippen molar-refractivity contribution in [3.05, 3.63) is 370 Å². The molecular formula is C117H122O20S4. The second-order valence-corrected chi connectivity index (χ2v) is 30.7. The summed E-state index contributed by atoms with van der Waals surface area (Å²) >= 11 is 5.61. The normalized spacial score (nSPS) is 9.84. The van der Waals surface area contributed by atoms with Crippen LogP contribution in [0, 0.1) is 12.3 Å². The summed E-state index contributed by atoms with van der Waals surface area (Å²) in [4.78, 5) is 98.1. The van der Waals surface area contributed by atoms with E-state index in [4.69, 9.17) is 28.8 Å². The number of fused-ring (bicyclic) bond motifs is 4. The van der Waals surface area contributed by atoms with Crippen LogP contribution in [0.3, 0.4) is 0 Å². The molecule has 0 unspecified atom stereocenters. The lowest BCUT2D eigenvalue weighted by Crippen LogP contribution is -2.00. The van der Waals surface area contributed by atoms with Crippen LogP contribution in [0.15, 0.2) is 328 Å². The first kappa shape index (κ1) is 118. The lowest BCUT2D eigenvalue weighted by Gasteiger charge is -2.07. The first-order valence-electron chi connectivity index (χ1n) is 45.8. The van der Waals surface area contributed by atoms with Gasteiger partial charge in [-0.05, 0) is 144 Å². The molecule has 4 heterocycles. The molecule has 0 fully saturated rings. The van der Waals surface area contributed by atoms with E-state index in [1.54, 1.807) is 123 Å². The van der Waals surface area contributed by atoms with E-state index < -0.39 is 23.9 Å². The molecule has 12 aromatic carbocycles. The van der Waals surface area contributed by atoms with Gasteiger partial charge in [-0.3, -0.25) is 19.2 Å². The summed E-state index contributed by atoms with van der Waals surface area (Å²) in [7, 11) is 7.09. The zero-order valence-electron chi connectivity index (χ0n) is 83.2. The van der Waals surface area contributed by atoms with Gasteiger partial charge in [0.2, 0.25) is 23.1 Å². The number of ether oxygens (including phenoxy) is 8. The van der Waals surface area contributed by atoms with E-state index in [0.29, 0.717) is 59.0 Å². The maximum Gasteiger partial charge on any atom is 0.383 e. The Morgan fingerprint density at radius 1 is 0.277 bits per heavy atom. The quantitative estimate of drug-likeness (QED) is 0.00880. The molecular weight excluding hydrogens is 1850 g/mol. The number of carbonyl (C=O) groups excluding carboxylic acids is 7. The number of ketones is 4. The Balaban J connectivity index is 0.000000367. The zero-order valence-corrected chi connectivity index (χ0v) is 86.5. The van der Waals surface area contributed by atoms with Crippen molar-refractivity contribution in [3.63, 3.8) is 0 Å². The number of esters is 3. The van der Waals surface area contributed by atoms with Gasteiger partial charge in [-0.25, -0.2) is 19.2 Å². The Morgan fingerprint density at radius 3 is 0.730 bits per heavy atom. The summed E-state index contributed by atoms with van der Waals surface area (Å²) in [6, 6.07) is 87.1. The number of carboxylic acids is 1. The molecule has 0 amide bonds. The van der Waals surface area contributed by atoms with Crippen LogP contribution in [0.2, 0.25) is 0 Å². The summed E-state index contributed by atoms with van der Waals surface area (Å²) in [6.07, 6.45) is 11.5. The molecule has 0 aliphatic heterocycles. The Labute approximate surface area is 842 Å². The Hall–Kier alpha value is -15.8. The molecule has 141 heavy (non-hydrogen) atoms. The third-order valence-corrected chi connectivity index (χ3v) is 23.2. The van der Waals surface area contributed by atoms with Gasteiger partial charge in [0, 0.05) is 90.8 Å². The predicted molar refractivity (Wildman–Crippen MR) is 579 cm³/mol. The largest absolute Gasteiger partial charge is 0.508 e. The van der Waals surface area contributed by atoms with Crippen LogP contribution in [-0.2, 0) is 33.4 Å². The molecule has 16 rings (SSSR count). The van der Waals surface area contributed by atoms with Crippen LogP contribution in [-0.4, -0.2) is 103 Å². The van der Waals surface area contributed by atoms with Crippen LogP contribution < -0.4 is 23.7 Å². The third kappa shape index (κ3) is 33.8. The van der Waals surface area contributed by atoms with Crippen LogP contribution >= 0.6 is 45.3 Å². The minimum absolute atomic E-state index is 0.00570. The van der Waals surface area contributed by atoms with Crippen LogP contribution in [0.4, 0.5) is 0 Å². The van der Waals surface area contributed by atoms with Crippen molar-refractivity contribution in [1.29, 1.82) is 0 Å². The van der Waals surface area contributed by atoms with Gasteiger partial charge in [0.25, 0.3) is 0 Å². The van der Waals surface area contributed by atoms with Gasteiger partial charge in [-0.1, -0.05) is 281 Å². The molecule has 4 aromatic heterocycles. The SMILES string of the molecule is C#CC(=O)OC.CC.CC.CC.CC.CC.CC.CC.CC.COC(=O)/C=C/Oc1ccc(-c2c(C(=O)c3ccccc3)sc3cc(O)ccc23)cc1.COC(=O)/C=C/Oc1ccc(-c2c(C(=O)c3ccccc3)sc3cc(OC)ccc23)cc1.COc1ccc2c(-c3ccc(O)cc3)c(C(=O)c3ccccc3)sc2c1.O=C(O)/C=C/Oc1ccc(-c2c(C(=O)c3ccccc3)sc3cc(O)ccc23)cc1. The first-order chi connectivity index (χ1) is 68.7. The minimum atomic E-state index is -1.09. The topological polar surface area (TPSA) is 291 Å². The van der Waals surface area contributed by atoms with E-state index in [9.17, 15) is 53.7 Å². The highest BCUT2D eigenvalue weighted by Gasteiger charge is 2.27. The summed E-state index contributed by atoms with van der Waals surface area (Å²) < 4.78 is 43.5. The highest BCUT2D eigenvalue weighted by Crippen LogP contribution is 2.47. The maximum absolute atomic E-state index is 13.4. The van der Waals surface area contributed by atoms with E-state index in [1.807, 2.05) is 299 Å². The van der Waals surface area contributed by atoms with Gasteiger partial charge in [-0.2, -0.15) is 0 Å². The van der Waals surface area contributed by atoms with Crippen LogP contribution in [0.1, 0.15) is 172 Å². The second-order valence-electron chi connectivity index (χ2n) is 26.5. The number of hydrogen-bond donors (Lipinski definition) is 4. The van der Waals surface area contributed by atoms with Gasteiger partial charge in [0.15, 0.2) is 0 Å². The van der Waals surface area contributed by atoms with Gasteiger partial charge >= 0.3 is 23.9 Å². The molecule has 0 spiro atoms. The van der Waals surface area contributed by atoms with Crippen molar-refractivity contribution in [2.75, 3.05) is 35.5 Å². The molecule has 0 saturated carbocycles. The van der Waals surface area contributed by atoms with Crippen LogP contribution in [0.25, 0.3) is 84.9 Å². The first-order valence-corrected chi connectivity index (χ1v) is 49.1. The smallest absolute Gasteiger partial charge is 0.383 e. The van der Waals surface area contributed by atoms with E-state index in [-0.39, 0.29) is 40.4 Å². The van der Waals surface area contributed by atoms with Crippen LogP contribution in [0.5, 0.6) is 46.0 Å². The number of rotatable bonds is 23. The lowest BCUT2D eigenvalue weighted by atomic mass is 9.98. The predicted octanol–water partition coefficient (Wildman–Crippen LogP) is 30.4. The fourth-order valence-corrected chi connectivity index (χ4v) is 17.5. The summed E-state index contributed by atoms with van der Waals surface area (Å²) in [5.41, 5.74) is 9.32. The molecule has 0 aliphatic rings. The van der Waals surface area contributed by atoms with E-state index in [1.165, 1.54) is 91.4 Å². The number of benzene rings is 12. The molecule has 0 radical (unpaired) electrons. The zero-order chi connectivity index (χ0) is 104. The number of aliphatic carboxylic acids is 1. The number of hydrogen-bond acceptors (Lipinski definition) is 23. The monoisotopic (exact) mass is 1970 g/mol. The van der Waals surface area contributed by atoms with E-state index in [0.717, 1.165) is 109 Å². The molecule has 24 heteroatoms. The maximum atomic E-state index is 13.4. The summed E-state index contributed by atoms with van der Waals surface area (Å²) in [6.45, 7) is 32.0. The van der Waals surface area contributed by atoms with Gasteiger partial charge in [-0.15, -0.1) is 51.8 Å². The minimum Gasteiger partial charge on any atom is -0.508 e. The van der Waals surface area contributed by atoms with Crippen molar-refractivity contribution in [2.24, 2.45) is 0 Å². The fraction of sp³-hybridized carbons (Fsp3) is 0.179. The summed E-state index contributed by atoms with van der Waals surface area (Å²) in [5, 5.41) is 41.8. The van der Waals surface area contributed by atoms with E-state index >= 15 is 0 Å². The standard InChI is InChI=1S/C26H20O5S.C25H18O5S.C24H16O5S.C22H16O3S.C4H4O2.8C2H6/c1-29-20-12-13-21-22(16-20)32-26(25(28)18-6-4-3-5-7-18)24(21)17-8-10-19(11-9-17)31-15-14-23(27)30-2;1-29-22(27)13-14-30-19-10-7-16(8-11-19)23-20-12-9-18(26)15-21(20)31-25(23)24(28)17-5-3-2-4-6-17;25-17-8-11-19-20(14-17)30-24(23(28)16-4-2-1-3-5-16)22(19)15-6-9-18(10-7-15)29-13-12-21(26)27;1-25-17-11-12-18-19(13-17)26-22(21(24)15-5-3-2-4-6-15)20(18)14-7-9-16(23)10-8-14;1-3-4(5)6-2;8*1-2/h3-16H,1-2H3;2-15,26H,1H3;1-14,25H,(H,26,27);2-13,23H,1H3;1H,2H3;8*1-2H3/b15-14+;14-13+;13-12+;;;;;;;;;;. The highest BCUT2D eigenvalue weighted by atomic mass is 32.1. The molecule has 734 valence electrons. The molecule has 4 N–H and O–H groups in total. The van der Waals surface area contributed by atoms with Crippen molar-refractivity contribution >= 4 is 133 Å². The van der Waals surface area contributed by atoms with Gasteiger partial charge in [0.05, 0.1) is 92.1 Å². The molecule has 20 nitrogen and oxygen atoms in total. The number of carbonyl (C=O) groups is 8. The molecule has 0 aliphatic carbocycles. The average Bonchev–Trinajstić information content (AvgIpc) is 1.56. The molecule has 0 saturated heterocycles.